The summed E-state index contributed by atoms with van der Waals surface area (Å²) in [5.74, 6) is 0.778. The molecule has 1 aromatic carbocycles. The van der Waals surface area contributed by atoms with Crippen molar-refractivity contribution in [2.24, 2.45) is 0 Å². The van der Waals surface area contributed by atoms with Crippen LogP contribution < -0.4 is 0 Å². The molecule has 1 aromatic heterocycles. The van der Waals surface area contributed by atoms with Gasteiger partial charge in [-0.1, -0.05) is 30.3 Å². The molecule has 0 fully saturated rings. The molecule has 0 atom stereocenters. The van der Waals surface area contributed by atoms with E-state index in [1.54, 1.807) is 0 Å². The smallest absolute Gasteiger partial charge is 0.213 e. The molecule has 4 heteroatoms. The minimum Gasteiger partial charge on any atom is -0.282 e. The lowest BCUT2D eigenvalue weighted by Crippen LogP contribution is -1.78. The van der Waals surface area contributed by atoms with Crippen LogP contribution >= 0.6 is 12.2 Å². The topological polar surface area (TPSA) is 44.5 Å². The van der Waals surface area contributed by atoms with Crippen molar-refractivity contribution < 1.29 is 0 Å². The highest BCUT2D eigenvalue weighted by atomic mass is 32.1. The lowest BCUT2D eigenvalue weighted by molar-refractivity contribution is 1.08. The normalized spacial score (nSPS) is 10.0. The summed E-state index contributed by atoms with van der Waals surface area (Å²) in [5.41, 5.74) is 1.03. The Morgan fingerprint density at radius 2 is 1.83 bits per heavy atom. The Balaban J connectivity index is 2.51. The number of H-pyrrole nitrogens is 2. The van der Waals surface area contributed by atoms with E-state index in [2.05, 4.69) is 15.2 Å². The molecule has 2 aromatic rings. The molecule has 1 heterocycles. The van der Waals surface area contributed by atoms with E-state index in [4.69, 9.17) is 12.2 Å². The lowest BCUT2D eigenvalue weighted by atomic mass is 10.2. The van der Waals surface area contributed by atoms with Gasteiger partial charge in [0.05, 0.1) is 0 Å². The Morgan fingerprint density at radius 3 is 2.42 bits per heavy atom. The van der Waals surface area contributed by atoms with Gasteiger partial charge in [-0.15, -0.1) is 0 Å². The zero-order chi connectivity index (χ0) is 8.39. The second-order valence-electron chi connectivity index (χ2n) is 2.38. The van der Waals surface area contributed by atoms with E-state index in [9.17, 15) is 0 Å². The fourth-order valence-electron chi connectivity index (χ4n) is 1.00. The second-order valence-corrected chi connectivity index (χ2v) is 2.77. The summed E-state index contributed by atoms with van der Waals surface area (Å²) in [4.78, 5) is 4.08. The first kappa shape index (κ1) is 7.24. The third-order valence-electron chi connectivity index (χ3n) is 1.55. The summed E-state index contributed by atoms with van der Waals surface area (Å²) in [6.45, 7) is 0. The summed E-state index contributed by atoms with van der Waals surface area (Å²) >= 11 is 4.83. The van der Waals surface area contributed by atoms with Crippen LogP contribution in [0.4, 0.5) is 0 Å². The first-order valence-corrected chi connectivity index (χ1v) is 3.97. The highest BCUT2D eigenvalue weighted by Crippen LogP contribution is 2.11. The van der Waals surface area contributed by atoms with E-state index >= 15 is 0 Å². The molecular weight excluding hydrogens is 170 g/mol. The monoisotopic (exact) mass is 177 g/mol. The fourth-order valence-corrected chi connectivity index (χ4v) is 1.15. The Labute approximate surface area is 74.5 Å². The number of hydrogen-bond acceptors (Lipinski definition) is 2. The summed E-state index contributed by atoms with van der Waals surface area (Å²) < 4.78 is 0.480. The van der Waals surface area contributed by atoms with E-state index in [0.29, 0.717) is 4.77 Å². The van der Waals surface area contributed by atoms with Gasteiger partial charge in [-0.25, -0.2) is 0 Å². The fraction of sp³-hybridized carbons (Fsp3) is 0. The molecule has 0 amide bonds. The van der Waals surface area contributed by atoms with Gasteiger partial charge in [0.1, 0.15) is 0 Å². The molecule has 60 valence electrons. The first-order chi connectivity index (χ1) is 5.86. The van der Waals surface area contributed by atoms with Crippen LogP contribution in [0.25, 0.3) is 11.4 Å². The van der Waals surface area contributed by atoms with Crippen LogP contribution in [0.15, 0.2) is 30.3 Å². The van der Waals surface area contributed by atoms with Gasteiger partial charge in [-0.3, -0.25) is 10.2 Å². The van der Waals surface area contributed by atoms with Crippen molar-refractivity contribution >= 4 is 12.2 Å². The van der Waals surface area contributed by atoms with E-state index in [-0.39, 0.29) is 0 Å². The van der Waals surface area contributed by atoms with Crippen LogP contribution in [0.2, 0.25) is 0 Å². The van der Waals surface area contributed by atoms with Gasteiger partial charge in [0.2, 0.25) is 4.77 Å². The maximum absolute atomic E-state index is 4.83. The van der Waals surface area contributed by atoms with Crippen LogP contribution in [-0.4, -0.2) is 15.2 Å². The summed E-state index contributed by atoms with van der Waals surface area (Å²) in [6, 6.07) is 9.83. The molecule has 0 aliphatic heterocycles. The van der Waals surface area contributed by atoms with Crippen molar-refractivity contribution in [3.05, 3.63) is 35.1 Å². The molecule has 2 N–H and O–H groups in total. The Bertz CT molecular complexity index is 415. The quantitative estimate of drug-likeness (QED) is 0.655. The van der Waals surface area contributed by atoms with Gasteiger partial charge in [0.25, 0.3) is 0 Å². The Kier molecular flexibility index (Phi) is 1.75. The van der Waals surface area contributed by atoms with E-state index in [1.165, 1.54) is 0 Å². The predicted molar refractivity (Wildman–Crippen MR) is 49.2 cm³/mol. The molecule has 0 aliphatic rings. The molecular formula is C8H7N3S. The van der Waals surface area contributed by atoms with E-state index < -0.39 is 0 Å². The Hall–Kier alpha value is -1.42. The van der Waals surface area contributed by atoms with Crippen LogP contribution in [0.3, 0.4) is 0 Å². The molecule has 0 unspecified atom stereocenters. The predicted octanol–water partition coefficient (Wildman–Crippen LogP) is 2.13. The molecule has 2 rings (SSSR count). The van der Waals surface area contributed by atoms with Crippen LogP contribution in [-0.2, 0) is 0 Å². The van der Waals surface area contributed by atoms with Gasteiger partial charge < -0.3 is 0 Å². The summed E-state index contributed by atoms with van der Waals surface area (Å²) in [6.07, 6.45) is 0. The van der Waals surface area contributed by atoms with Crippen molar-refractivity contribution in [2.45, 2.75) is 0 Å². The average Bonchev–Trinajstić information content (AvgIpc) is 2.54. The average molecular weight is 177 g/mol. The van der Waals surface area contributed by atoms with Crippen LogP contribution in [0.5, 0.6) is 0 Å². The Morgan fingerprint density at radius 1 is 1.08 bits per heavy atom. The van der Waals surface area contributed by atoms with Gasteiger partial charge in [0.15, 0.2) is 5.82 Å². The number of nitrogens with zero attached hydrogens (tertiary/aromatic N) is 1. The van der Waals surface area contributed by atoms with Gasteiger partial charge in [-0.05, 0) is 12.2 Å². The zero-order valence-corrected chi connectivity index (χ0v) is 7.06. The molecule has 0 saturated carbocycles. The molecule has 0 spiro atoms. The number of nitrogens with one attached hydrogen (secondary N) is 2. The number of rotatable bonds is 1. The maximum atomic E-state index is 4.83. The van der Waals surface area contributed by atoms with Crippen molar-refractivity contribution in [3.8, 4) is 11.4 Å². The second kappa shape index (κ2) is 2.91. The van der Waals surface area contributed by atoms with Gasteiger partial charge >= 0.3 is 0 Å². The maximum Gasteiger partial charge on any atom is 0.213 e. The molecule has 12 heavy (non-hydrogen) atoms. The number of benzene rings is 1. The molecule has 0 bridgehead atoms. The minimum atomic E-state index is 0.480. The molecule has 0 saturated heterocycles. The molecule has 0 aliphatic carbocycles. The van der Waals surface area contributed by atoms with Crippen molar-refractivity contribution in [3.63, 3.8) is 0 Å². The van der Waals surface area contributed by atoms with Gasteiger partial charge in [-0.2, -0.15) is 4.98 Å². The first-order valence-electron chi connectivity index (χ1n) is 3.56. The highest BCUT2D eigenvalue weighted by molar-refractivity contribution is 7.71. The third-order valence-corrected chi connectivity index (χ3v) is 1.74. The highest BCUT2D eigenvalue weighted by Gasteiger charge is 1.97. The van der Waals surface area contributed by atoms with Gasteiger partial charge in [0, 0.05) is 5.56 Å². The largest absolute Gasteiger partial charge is 0.282 e. The van der Waals surface area contributed by atoms with E-state index in [0.717, 1.165) is 11.4 Å². The SMILES string of the molecule is S=c1nc(-c2ccccc2)[nH][nH]1. The van der Waals surface area contributed by atoms with Crippen molar-refractivity contribution in [2.75, 3.05) is 0 Å². The van der Waals surface area contributed by atoms with E-state index in [1.807, 2.05) is 30.3 Å². The number of aromatic amines is 2. The standard InChI is InChI=1S/C8H7N3S/c12-8-9-7(10-11-8)6-4-2-1-3-5-6/h1-5H,(H2,9,10,11,12). The van der Waals surface area contributed by atoms with Crippen LogP contribution in [0.1, 0.15) is 0 Å². The number of aromatic nitrogens is 3. The molecule has 3 nitrogen and oxygen atoms in total. The minimum absolute atomic E-state index is 0.480. The van der Waals surface area contributed by atoms with Crippen molar-refractivity contribution in [1.29, 1.82) is 0 Å². The zero-order valence-electron chi connectivity index (χ0n) is 6.24. The molecule has 0 radical (unpaired) electrons. The van der Waals surface area contributed by atoms with Crippen LogP contribution in [0, 0.1) is 4.77 Å². The number of hydrogen-bond donors (Lipinski definition) is 2. The summed E-state index contributed by atoms with van der Waals surface area (Å²) in [7, 11) is 0. The summed E-state index contributed by atoms with van der Waals surface area (Å²) in [5, 5.41) is 5.63. The lowest BCUT2D eigenvalue weighted by Gasteiger charge is -1.91. The van der Waals surface area contributed by atoms with Crippen molar-refractivity contribution in [1.82, 2.24) is 15.2 Å². The third kappa shape index (κ3) is 1.29.